The fourth-order valence-electron chi connectivity index (χ4n) is 1.78. The number of aromatic nitrogens is 2. The van der Waals surface area contributed by atoms with E-state index < -0.39 is 5.97 Å². The fraction of sp³-hybridized carbons (Fsp3) is 0.231. The second-order valence-electron chi connectivity index (χ2n) is 3.90. The fourth-order valence-corrected chi connectivity index (χ4v) is 1.78. The standard InChI is InChI=1S/C13H14N2O4/c1-19-10-4-2-3-9(7-10)11-8-12(13(17)18)15(14-11)5-6-16/h2-4,7-8,16H,5-6H2,1H3,(H,17,18). The lowest BCUT2D eigenvalue weighted by molar-refractivity contribution is 0.0681. The zero-order valence-electron chi connectivity index (χ0n) is 10.4. The average molecular weight is 262 g/mol. The number of rotatable bonds is 5. The van der Waals surface area contributed by atoms with Gasteiger partial charge in [-0.15, -0.1) is 0 Å². The number of carboxylic acid groups (broad SMARTS) is 1. The molecule has 6 nitrogen and oxygen atoms in total. The predicted molar refractivity (Wildman–Crippen MR) is 68.3 cm³/mol. The van der Waals surface area contributed by atoms with Crippen LogP contribution in [0.3, 0.4) is 0 Å². The van der Waals surface area contributed by atoms with E-state index in [1.165, 1.54) is 10.7 Å². The molecule has 0 aliphatic rings. The van der Waals surface area contributed by atoms with E-state index in [0.29, 0.717) is 11.4 Å². The number of aliphatic hydroxyl groups excluding tert-OH is 1. The molecule has 2 N–H and O–H groups in total. The highest BCUT2D eigenvalue weighted by Crippen LogP contribution is 2.23. The lowest BCUT2D eigenvalue weighted by Gasteiger charge is -2.02. The van der Waals surface area contributed by atoms with Gasteiger partial charge in [0.05, 0.1) is 26.0 Å². The van der Waals surface area contributed by atoms with Crippen LogP contribution in [0.15, 0.2) is 30.3 Å². The van der Waals surface area contributed by atoms with Crippen LogP contribution >= 0.6 is 0 Å². The summed E-state index contributed by atoms with van der Waals surface area (Å²) in [6, 6.07) is 8.68. The first-order valence-electron chi connectivity index (χ1n) is 5.72. The Balaban J connectivity index is 2.44. The molecule has 0 saturated heterocycles. The molecule has 0 aliphatic carbocycles. The molecule has 0 amide bonds. The molecule has 2 rings (SSSR count). The van der Waals surface area contributed by atoms with Gasteiger partial charge in [-0.2, -0.15) is 5.10 Å². The Morgan fingerprint density at radius 3 is 2.84 bits per heavy atom. The van der Waals surface area contributed by atoms with Gasteiger partial charge in [-0.1, -0.05) is 12.1 Å². The molecule has 0 saturated carbocycles. The SMILES string of the molecule is COc1cccc(-c2cc(C(=O)O)n(CCO)n2)c1. The van der Waals surface area contributed by atoms with Crippen molar-refractivity contribution in [3.8, 4) is 17.0 Å². The third kappa shape index (κ3) is 2.74. The van der Waals surface area contributed by atoms with E-state index in [4.69, 9.17) is 14.9 Å². The zero-order valence-corrected chi connectivity index (χ0v) is 10.4. The number of aromatic carboxylic acids is 1. The van der Waals surface area contributed by atoms with Gasteiger partial charge in [0.2, 0.25) is 0 Å². The molecule has 0 unspecified atom stereocenters. The summed E-state index contributed by atoms with van der Waals surface area (Å²) < 4.78 is 6.39. The summed E-state index contributed by atoms with van der Waals surface area (Å²) in [6.45, 7) is -0.0227. The third-order valence-corrected chi connectivity index (χ3v) is 2.68. The lowest BCUT2D eigenvalue weighted by Crippen LogP contribution is -2.12. The maximum Gasteiger partial charge on any atom is 0.354 e. The van der Waals surface area contributed by atoms with Gasteiger partial charge in [-0.05, 0) is 18.2 Å². The van der Waals surface area contributed by atoms with E-state index in [1.807, 2.05) is 6.07 Å². The predicted octanol–water partition coefficient (Wildman–Crippen LogP) is 1.25. The number of carboxylic acids is 1. The van der Waals surface area contributed by atoms with Crippen molar-refractivity contribution in [1.29, 1.82) is 0 Å². The van der Waals surface area contributed by atoms with Gasteiger partial charge in [0.1, 0.15) is 11.4 Å². The minimum Gasteiger partial charge on any atom is -0.497 e. The summed E-state index contributed by atoms with van der Waals surface area (Å²) in [5.41, 5.74) is 1.34. The minimum absolute atomic E-state index is 0.0480. The monoisotopic (exact) mass is 262 g/mol. The molecule has 0 spiro atoms. The first-order chi connectivity index (χ1) is 9.15. The van der Waals surface area contributed by atoms with Gasteiger partial charge in [0.25, 0.3) is 0 Å². The van der Waals surface area contributed by atoms with Crippen molar-refractivity contribution < 1.29 is 19.7 Å². The molecule has 1 aromatic carbocycles. The van der Waals surface area contributed by atoms with Crippen LogP contribution in [0.2, 0.25) is 0 Å². The number of methoxy groups -OCH3 is 1. The van der Waals surface area contributed by atoms with Crippen molar-refractivity contribution in [1.82, 2.24) is 9.78 Å². The molecule has 19 heavy (non-hydrogen) atoms. The second-order valence-corrected chi connectivity index (χ2v) is 3.90. The number of hydrogen-bond acceptors (Lipinski definition) is 4. The summed E-state index contributed by atoms with van der Waals surface area (Å²) in [7, 11) is 1.56. The number of carbonyl (C=O) groups is 1. The van der Waals surface area contributed by atoms with Crippen molar-refractivity contribution in [2.24, 2.45) is 0 Å². The van der Waals surface area contributed by atoms with Crippen molar-refractivity contribution in [3.63, 3.8) is 0 Å². The number of ether oxygens (including phenoxy) is 1. The van der Waals surface area contributed by atoms with Crippen LogP contribution in [0.5, 0.6) is 5.75 Å². The van der Waals surface area contributed by atoms with E-state index in [9.17, 15) is 4.79 Å². The highest BCUT2D eigenvalue weighted by Gasteiger charge is 2.15. The van der Waals surface area contributed by atoms with E-state index in [0.717, 1.165) is 5.56 Å². The summed E-state index contributed by atoms with van der Waals surface area (Å²) in [5.74, 6) is -0.402. The Morgan fingerprint density at radius 1 is 1.42 bits per heavy atom. The summed E-state index contributed by atoms with van der Waals surface area (Å²) in [4.78, 5) is 11.1. The van der Waals surface area contributed by atoms with E-state index in [2.05, 4.69) is 5.10 Å². The van der Waals surface area contributed by atoms with Gasteiger partial charge in [-0.25, -0.2) is 4.79 Å². The normalized spacial score (nSPS) is 10.4. The van der Waals surface area contributed by atoms with E-state index in [1.54, 1.807) is 25.3 Å². The molecule has 100 valence electrons. The molecule has 0 aliphatic heterocycles. The van der Waals surface area contributed by atoms with Gasteiger partial charge in [0, 0.05) is 5.56 Å². The van der Waals surface area contributed by atoms with Crippen LogP contribution in [0.1, 0.15) is 10.5 Å². The topological polar surface area (TPSA) is 84.6 Å². The Hall–Kier alpha value is -2.34. The van der Waals surface area contributed by atoms with Gasteiger partial charge in [-0.3, -0.25) is 4.68 Å². The molecule has 0 radical (unpaired) electrons. The summed E-state index contributed by atoms with van der Waals surface area (Å²) >= 11 is 0. The average Bonchev–Trinajstić information content (AvgIpc) is 2.83. The minimum atomic E-state index is -1.07. The zero-order chi connectivity index (χ0) is 13.8. The number of benzene rings is 1. The smallest absolute Gasteiger partial charge is 0.354 e. The Bertz CT molecular complexity index is 592. The molecule has 0 atom stereocenters. The molecule has 1 aromatic heterocycles. The largest absolute Gasteiger partial charge is 0.497 e. The number of nitrogens with zero attached hydrogens (tertiary/aromatic N) is 2. The van der Waals surface area contributed by atoms with Crippen LogP contribution in [0.25, 0.3) is 11.3 Å². The quantitative estimate of drug-likeness (QED) is 0.847. The second kappa shape index (κ2) is 5.53. The van der Waals surface area contributed by atoms with Crippen molar-refractivity contribution in [2.75, 3.05) is 13.7 Å². The lowest BCUT2D eigenvalue weighted by atomic mass is 10.1. The number of aliphatic hydroxyl groups is 1. The Kier molecular flexibility index (Phi) is 3.82. The maximum absolute atomic E-state index is 11.1. The summed E-state index contributed by atoms with van der Waals surface area (Å²) in [6.07, 6.45) is 0. The first-order valence-corrected chi connectivity index (χ1v) is 5.72. The van der Waals surface area contributed by atoms with Crippen LogP contribution in [-0.4, -0.2) is 39.7 Å². The van der Waals surface area contributed by atoms with E-state index >= 15 is 0 Å². The van der Waals surface area contributed by atoms with Gasteiger partial charge < -0.3 is 14.9 Å². The highest BCUT2D eigenvalue weighted by atomic mass is 16.5. The molecule has 0 bridgehead atoms. The molecular weight excluding hydrogens is 248 g/mol. The molecule has 0 fully saturated rings. The maximum atomic E-state index is 11.1. The van der Waals surface area contributed by atoms with Crippen molar-refractivity contribution in [3.05, 3.63) is 36.0 Å². The van der Waals surface area contributed by atoms with E-state index in [-0.39, 0.29) is 18.8 Å². The summed E-state index contributed by atoms with van der Waals surface area (Å²) in [5, 5.41) is 22.2. The van der Waals surface area contributed by atoms with Crippen molar-refractivity contribution in [2.45, 2.75) is 6.54 Å². The van der Waals surface area contributed by atoms with Crippen LogP contribution in [0, 0.1) is 0 Å². The molecule has 1 heterocycles. The Morgan fingerprint density at radius 2 is 2.21 bits per heavy atom. The van der Waals surface area contributed by atoms with Gasteiger partial charge in [0.15, 0.2) is 0 Å². The molecule has 6 heteroatoms. The Labute approximate surface area is 109 Å². The molecule has 2 aromatic rings. The first kappa shape index (κ1) is 13.1. The van der Waals surface area contributed by atoms with Gasteiger partial charge >= 0.3 is 5.97 Å². The van der Waals surface area contributed by atoms with Crippen molar-refractivity contribution >= 4 is 5.97 Å². The molecular formula is C13H14N2O4. The van der Waals surface area contributed by atoms with Crippen LogP contribution in [0.4, 0.5) is 0 Å². The van der Waals surface area contributed by atoms with Crippen LogP contribution in [-0.2, 0) is 6.54 Å². The third-order valence-electron chi connectivity index (χ3n) is 2.68. The van der Waals surface area contributed by atoms with Crippen LogP contribution < -0.4 is 4.74 Å². The highest BCUT2D eigenvalue weighted by molar-refractivity contribution is 5.87. The number of hydrogen-bond donors (Lipinski definition) is 2.